The fraction of sp³-hybridized carbons (Fsp3) is 0.545. The molecule has 1 unspecified atom stereocenters. The Morgan fingerprint density at radius 3 is 3.21 bits per heavy atom. The lowest BCUT2D eigenvalue weighted by atomic mass is 10.0. The summed E-state index contributed by atoms with van der Waals surface area (Å²) in [5.41, 5.74) is 0.987. The van der Waals surface area contributed by atoms with Crippen molar-refractivity contribution in [1.82, 2.24) is 10.5 Å². The van der Waals surface area contributed by atoms with E-state index in [2.05, 4.69) is 22.6 Å². The van der Waals surface area contributed by atoms with Gasteiger partial charge in [0.25, 0.3) is 0 Å². The molecule has 3 heteroatoms. The maximum absolute atomic E-state index is 5.00. The normalized spacial score (nSPS) is 21.4. The van der Waals surface area contributed by atoms with Crippen LogP contribution in [-0.2, 0) is 6.54 Å². The molecule has 0 aromatic carbocycles. The number of hydrogen-bond donors (Lipinski definition) is 1. The number of rotatable bonds is 3. The number of hydrogen-bond acceptors (Lipinski definition) is 3. The molecule has 1 aromatic heterocycles. The third-order valence-corrected chi connectivity index (χ3v) is 2.48. The molecule has 1 atom stereocenters. The van der Waals surface area contributed by atoms with Crippen molar-refractivity contribution in [3.63, 3.8) is 0 Å². The van der Waals surface area contributed by atoms with Crippen LogP contribution in [0.5, 0.6) is 0 Å². The van der Waals surface area contributed by atoms with Crippen LogP contribution in [-0.4, -0.2) is 11.2 Å². The summed E-state index contributed by atoms with van der Waals surface area (Å²) < 4.78 is 5.00. The summed E-state index contributed by atoms with van der Waals surface area (Å²) in [5.74, 6) is 0.876. The molecule has 1 aliphatic rings. The summed E-state index contributed by atoms with van der Waals surface area (Å²) in [6.07, 6.45) is 8.23. The van der Waals surface area contributed by atoms with Gasteiger partial charge in [-0.1, -0.05) is 17.3 Å². The van der Waals surface area contributed by atoms with Gasteiger partial charge in [-0.2, -0.15) is 0 Å². The second kappa shape index (κ2) is 4.42. The molecule has 3 nitrogen and oxygen atoms in total. The van der Waals surface area contributed by atoms with E-state index in [0.29, 0.717) is 6.04 Å². The monoisotopic (exact) mass is 192 g/mol. The van der Waals surface area contributed by atoms with Gasteiger partial charge in [-0.25, -0.2) is 0 Å². The van der Waals surface area contributed by atoms with Crippen molar-refractivity contribution in [3.8, 4) is 0 Å². The summed E-state index contributed by atoms with van der Waals surface area (Å²) in [5, 5.41) is 7.38. The Kier molecular flexibility index (Phi) is 2.99. The highest BCUT2D eigenvalue weighted by atomic mass is 16.5. The van der Waals surface area contributed by atoms with Gasteiger partial charge in [0.05, 0.1) is 5.69 Å². The van der Waals surface area contributed by atoms with Crippen molar-refractivity contribution in [3.05, 3.63) is 29.7 Å². The van der Waals surface area contributed by atoms with Gasteiger partial charge in [0.15, 0.2) is 0 Å². The van der Waals surface area contributed by atoms with Gasteiger partial charge in [0.2, 0.25) is 0 Å². The first kappa shape index (κ1) is 9.46. The highest BCUT2D eigenvalue weighted by Gasteiger charge is 2.08. The van der Waals surface area contributed by atoms with E-state index >= 15 is 0 Å². The lowest BCUT2D eigenvalue weighted by Gasteiger charge is -2.16. The average Bonchev–Trinajstić information content (AvgIpc) is 2.63. The average molecular weight is 192 g/mol. The first-order valence-corrected chi connectivity index (χ1v) is 5.17. The Labute approximate surface area is 84.2 Å². The summed E-state index contributed by atoms with van der Waals surface area (Å²) in [6.45, 7) is 2.71. The minimum Gasteiger partial charge on any atom is -0.361 e. The molecule has 1 aromatic rings. The third-order valence-electron chi connectivity index (χ3n) is 2.48. The van der Waals surface area contributed by atoms with Crippen LogP contribution < -0.4 is 5.32 Å². The van der Waals surface area contributed by atoms with Gasteiger partial charge in [-0.15, -0.1) is 0 Å². The van der Waals surface area contributed by atoms with Crippen LogP contribution in [0.2, 0.25) is 0 Å². The van der Waals surface area contributed by atoms with Gasteiger partial charge >= 0.3 is 0 Å². The predicted octanol–water partition coefficient (Wildman–Crippen LogP) is 2.18. The van der Waals surface area contributed by atoms with Crippen LogP contribution in [0, 0.1) is 6.92 Å². The van der Waals surface area contributed by atoms with Gasteiger partial charge < -0.3 is 9.84 Å². The van der Waals surface area contributed by atoms with Gasteiger partial charge in [-0.05, 0) is 26.2 Å². The van der Waals surface area contributed by atoms with Crippen LogP contribution in [0.3, 0.4) is 0 Å². The number of nitrogens with one attached hydrogen (secondary N) is 1. The van der Waals surface area contributed by atoms with Crippen molar-refractivity contribution in [1.29, 1.82) is 0 Å². The summed E-state index contributed by atoms with van der Waals surface area (Å²) in [6, 6.07) is 2.49. The van der Waals surface area contributed by atoms with Crippen molar-refractivity contribution in [2.75, 3.05) is 0 Å². The summed E-state index contributed by atoms with van der Waals surface area (Å²) in [7, 11) is 0. The number of allylic oxidation sites excluding steroid dienone is 1. The molecule has 0 radical (unpaired) electrons. The van der Waals surface area contributed by atoms with Gasteiger partial charge in [-0.3, -0.25) is 0 Å². The SMILES string of the molecule is Cc1cc(CNC2C=CCCC2)no1. The number of aryl methyl sites for hydroxylation is 1. The fourth-order valence-corrected chi connectivity index (χ4v) is 1.72. The van der Waals surface area contributed by atoms with Crippen molar-refractivity contribution >= 4 is 0 Å². The number of nitrogens with zero attached hydrogens (tertiary/aromatic N) is 1. The highest BCUT2D eigenvalue weighted by Crippen LogP contribution is 2.10. The Morgan fingerprint density at radius 1 is 1.64 bits per heavy atom. The van der Waals surface area contributed by atoms with Crippen LogP contribution in [0.4, 0.5) is 0 Å². The van der Waals surface area contributed by atoms with Crippen molar-refractivity contribution < 1.29 is 4.52 Å². The second-order valence-electron chi connectivity index (χ2n) is 3.78. The molecule has 0 saturated carbocycles. The van der Waals surface area contributed by atoms with Gasteiger partial charge in [0, 0.05) is 18.7 Å². The molecule has 0 spiro atoms. The zero-order valence-corrected chi connectivity index (χ0v) is 8.49. The maximum atomic E-state index is 5.00. The summed E-state index contributed by atoms with van der Waals surface area (Å²) in [4.78, 5) is 0. The summed E-state index contributed by atoms with van der Waals surface area (Å²) >= 11 is 0. The van der Waals surface area contributed by atoms with E-state index < -0.39 is 0 Å². The van der Waals surface area contributed by atoms with E-state index in [1.54, 1.807) is 0 Å². The minimum absolute atomic E-state index is 0.515. The Morgan fingerprint density at radius 2 is 2.57 bits per heavy atom. The zero-order chi connectivity index (χ0) is 9.80. The molecule has 0 aliphatic heterocycles. The standard InChI is InChI=1S/C11H16N2O/c1-9-7-11(13-14-9)8-12-10-5-3-2-4-6-10/h3,5,7,10,12H,2,4,6,8H2,1H3. The maximum Gasteiger partial charge on any atom is 0.133 e. The molecule has 1 aliphatic carbocycles. The van der Waals surface area contributed by atoms with E-state index in [0.717, 1.165) is 18.0 Å². The molecule has 14 heavy (non-hydrogen) atoms. The molecule has 0 saturated heterocycles. The third kappa shape index (κ3) is 2.45. The van der Waals surface area contributed by atoms with E-state index in [-0.39, 0.29) is 0 Å². The molecule has 1 heterocycles. The lowest BCUT2D eigenvalue weighted by molar-refractivity contribution is 0.386. The van der Waals surface area contributed by atoms with Crippen LogP contribution in [0.15, 0.2) is 22.7 Å². The van der Waals surface area contributed by atoms with E-state index in [1.165, 1.54) is 19.3 Å². The topological polar surface area (TPSA) is 38.1 Å². The fourth-order valence-electron chi connectivity index (χ4n) is 1.72. The number of aromatic nitrogens is 1. The van der Waals surface area contributed by atoms with Crippen LogP contribution >= 0.6 is 0 Å². The highest BCUT2D eigenvalue weighted by molar-refractivity contribution is 5.05. The molecule has 0 fully saturated rings. The first-order valence-electron chi connectivity index (χ1n) is 5.17. The smallest absolute Gasteiger partial charge is 0.133 e. The Balaban J connectivity index is 1.82. The Bertz CT molecular complexity index is 317. The Hall–Kier alpha value is -1.09. The second-order valence-corrected chi connectivity index (χ2v) is 3.78. The molecular formula is C11H16N2O. The predicted molar refractivity (Wildman–Crippen MR) is 54.9 cm³/mol. The van der Waals surface area contributed by atoms with Crippen molar-refractivity contribution in [2.45, 2.75) is 38.8 Å². The lowest BCUT2D eigenvalue weighted by Crippen LogP contribution is -2.27. The quantitative estimate of drug-likeness (QED) is 0.746. The molecule has 1 N–H and O–H groups in total. The first-order chi connectivity index (χ1) is 6.84. The zero-order valence-electron chi connectivity index (χ0n) is 8.49. The van der Waals surface area contributed by atoms with Crippen LogP contribution in [0.1, 0.15) is 30.7 Å². The molecule has 0 bridgehead atoms. The largest absolute Gasteiger partial charge is 0.361 e. The van der Waals surface area contributed by atoms with Crippen LogP contribution in [0.25, 0.3) is 0 Å². The van der Waals surface area contributed by atoms with Gasteiger partial charge in [0.1, 0.15) is 5.76 Å². The van der Waals surface area contributed by atoms with E-state index in [9.17, 15) is 0 Å². The minimum atomic E-state index is 0.515. The van der Waals surface area contributed by atoms with E-state index in [1.807, 2.05) is 13.0 Å². The van der Waals surface area contributed by atoms with Crippen molar-refractivity contribution in [2.24, 2.45) is 0 Å². The molecule has 76 valence electrons. The van der Waals surface area contributed by atoms with E-state index in [4.69, 9.17) is 4.52 Å². The molecular weight excluding hydrogens is 176 g/mol. The molecule has 2 rings (SSSR count). The molecule has 0 amide bonds.